The van der Waals surface area contributed by atoms with Crippen LogP contribution >= 0.6 is 31.9 Å². The van der Waals surface area contributed by atoms with Crippen LogP contribution in [0.3, 0.4) is 0 Å². The molecule has 0 saturated heterocycles. The number of rotatable bonds is 6. The van der Waals surface area contributed by atoms with E-state index in [1.165, 1.54) is 17.5 Å². The molecular formula is C15H22Br2O. The van der Waals surface area contributed by atoms with Crippen molar-refractivity contribution in [1.29, 1.82) is 0 Å². The number of ether oxygens (including phenoxy) is 1. The van der Waals surface area contributed by atoms with Gasteiger partial charge in [0.05, 0.1) is 6.61 Å². The quantitative estimate of drug-likeness (QED) is 0.576. The summed E-state index contributed by atoms with van der Waals surface area (Å²) in [6.07, 6.45) is 1.21. The molecule has 1 aromatic rings. The SMILES string of the molecule is Cc1cc(Br)cc(CBr)c1OCC(C)CC(C)C. The van der Waals surface area contributed by atoms with Crippen LogP contribution in [0.4, 0.5) is 0 Å². The van der Waals surface area contributed by atoms with E-state index in [9.17, 15) is 0 Å². The van der Waals surface area contributed by atoms with E-state index in [1.54, 1.807) is 0 Å². The Bertz CT molecular complexity index is 388. The number of halogens is 2. The molecule has 1 atom stereocenters. The lowest BCUT2D eigenvalue weighted by molar-refractivity contribution is 0.236. The van der Waals surface area contributed by atoms with E-state index in [4.69, 9.17) is 4.74 Å². The summed E-state index contributed by atoms with van der Waals surface area (Å²) >= 11 is 7.05. The van der Waals surface area contributed by atoms with Crippen LogP contribution in [0.15, 0.2) is 16.6 Å². The average Bonchev–Trinajstić information content (AvgIpc) is 2.25. The van der Waals surface area contributed by atoms with Gasteiger partial charge in [0, 0.05) is 15.4 Å². The molecule has 0 saturated carbocycles. The molecule has 0 heterocycles. The molecular weight excluding hydrogens is 356 g/mol. The van der Waals surface area contributed by atoms with Gasteiger partial charge in [-0.2, -0.15) is 0 Å². The third kappa shape index (κ3) is 4.93. The molecule has 1 rings (SSSR count). The van der Waals surface area contributed by atoms with Crippen molar-refractivity contribution in [3.05, 3.63) is 27.7 Å². The minimum Gasteiger partial charge on any atom is -0.493 e. The fourth-order valence-electron chi connectivity index (χ4n) is 2.20. The summed E-state index contributed by atoms with van der Waals surface area (Å²) in [6, 6.07) is 4.22. The predicted molar refractivity (Wildman–Crippen MR) is 85.6 cm³/mol. The van der Waals surface area contributed by atoms with Gasteiger partial charge in [-0.3, -0.25) is 0 Å². The molecule has 1 nitrogen and oxygen atoms in total. The summed E-state index contributed by atoms with van der Waals surface area (Å²) < 4.78 is 7.13. The van der Waals surface area contributed by atoms with Crippen LogP contribution < -0.4 is 4.74 Å². The van der Waals surface area contributed by atoms with E-state index in [-0.39, 0.29) is 0 Å². The van der Waals surface area contributed by atoms with Gasteiger partial charge in [0.25, 0.3) is 0 Å². The first kappa shape index (κ1) is 16.0. The van der Waals surface area contributed by atoms with Gasteiger partial charge in [0.2, 0.25) is 0 Å². The molecule has 0 N–H and O–H groups in total. The summed E-state index contributed by atoms with van der Waals surface area (Å²) in [6.45, 7) is 9.65. The van der Waals surface area contributed by atoms with Crippen molar-refractivity contribution in [3.8, 4) is 5.75 Å². The van der Waals surface area contributed by atoms with Gasteiger partial charge in [-0.1, -0.05) is 52.6 Å². The van der Waals surface area contributed by atoms with Crippen molar-refractivity contribution in [2.75, 3.05) is 6.61 Å². The first-order valence-electron chi connectivity index (χ1n) is 6.41. The third-order valence-electron chi connectivity index (χ3n) is 2.85. The monoisotopic (exact) mass is 376 g/mol. The minimum absolute atomic E-state index is 0.594. The van der Waals surface area contributed by atoms with Crippen LogP contribution in [0.2, 0.25) is 0 Å². The van der Waals surface area contributed by atoms with Crippen LogP contribution in [-0.2, 0) is 5.33 Å². The van der Waals surface area contributed by atoms with Crippen LogP contribution in [0.25, 0.3) is 0 Å². The summed E-state index contributed by atoms with van der Waals surface area (Å²) in [5.41, 5.74) is 2.40. The van der Waals surface area contributed by atoms with Gasteiger partial charge < -0.3 is 4.74 Å². The molecule has 0 bridgehead atoms. The molecule has 0 aliphatic heterocycles. The number of alkyl halides is 1. The summed E-state index contributed by atoms with van der Waals surface area (Å²) in [5.74, 6) is 2.35. The van der Waals surface area contributed by atoms with Crippen molar-refractivity contribution in [1.82, 2.24) is 0 Å². The van der Waals surface area contributed by atoms with E-state index in [0.29, 0.717) is 5.92 Å². The zero-order valence-corrected chi connectivity index (χ0v) is 14.8. The summed E-state index contributed by atoms with van der Waals surface area (Å²) in [4.78, 5) is 0. The Balaban J connectivity index is 2.72. The molecule has 0 aliphatic rings. The Morgan fingerprint density at radius 1 is 1.22 bits per heavy atom. The van der Waals surface area contributed by atoms with Crippen LogP contribution in [-0.4, -0.2) is 6.61 Å². The predicted octanol–water partition coefficient (Wildman–Crippen LogP) is 5.71. The van der Waals surface area contributed by atoms with Gasteiger partial charge in [-0.05, 0) is 42.9 Å². The van der Waals surface area contributed by atoms with E-state index in [2.05, 4.69) is 71.7 Å². The second-order valence-electron chi connectivity index (χ2n) is 5.39. The first-order chi connectivity index (χ1) is 8.43. The number of aryl methyl sites for hydroxylation is 1. The van der Waals surface area contributed by atoms with Crippen LogP contribution in [0.1, 0.15) is 38.3 Å². The molecule has 0 aromatic heterocycles. The number of hydrogen-bond acceptors (Lipinski definition) is 1. The van der Waals surface area contributed by atoms with Crippen molar-refractivity contribution in [3.63, 3.8) is 0 Å². The largest absolute Gasteiger partial charge is 0.493 e. The summed E-state index contributed by atoms with van der Waals surface area (Å²) in [7, 11) is 0. The number of hydrogen-bond donors (Lipinski definition) is 0. The van der Waals surface area contributed by atoms with Crippen molar-refractivity contribution in [2.24, 2.45) is 11.8 Å². The first-order valence-corrected chi connectivity index (χ1v) is 8.33. The van der Waals surface area contributed by atoms with Crippen LogP contribution in [0, 0.1) is 18.8 Å². The highest BCUT2D eigenvalue weighted by molar-refractivity contribution is 9.10. The second-order valence-corrected chi connectivity index (χ2v) is 6.87. The molecule has 0 amide bonds. The topological polar surface area (TPSA) is 9.23 Å². The fourth-order valence-corrected chi connectivity index (χ4v) is 3.24. The Morgan fingerprint density at radius 2 is 1.89 bits per heavy atom. The Labute approximate surface area is 128 Å². The van der Waals surface area contributed by atoms with E-state index >= 15 is 0 Å². The Kier molecular flexibility index (Phi) is 6.72. The van der Waals surface area contributed by atoms with E-state index < -0.39 is 0 Å². The second kappa shape index (κ2) is 7.54. The molecule has 0 radical (unpaired) electrons. The molecule has 3 heteroatoms. The number of benzene rings is 1. The van der Waals surface area contributed by atoms with Gasteiger partial charge in [-0.25, -0.2) is 0 Å². The molecule has 0 spiro atoms. The maximum Gasteiger partial charge on any atom is 0.126 e. The van der Waals surface area contributed by atoms with E-state index in [0.717, 1.165) is 28.1 Å². The zero-order valence-electron chi connectivity index (χ0n) is 11.6. The Hall–Kier alpha value is -0.0200. The molecule has 18 heavy (non-hydrogen) atoms. The standard InChI is InChI=1S/C15H22Br2O/c1-10(2)5-11(3)9-18-15-12(4)6-14(17)7-13(15)8-16/h6-7,10-11H,5,8-9H2,1-4H3. The summed E-state index contributed by atoms with van der Waals surface area (Å²) in [5, 5.41) is 0.821. The van der Waals surface area contributed by atoms with Gasteiger partial charge in [0.1, 0.15) is 5.75 Å². The molecule has 0 aliphatic carbocycles. The highest BCUT2D eigenvalue weighted by Crippen LogP contribution is 2.30. The van der Waals surface area contributed by atoms with Gasteiger partial charge >= 0.3 is 0 Å². The van der Waals surface area contributed by atoms with Crippen LogP contribution in [0.5, 0.6) is 5.75 Å². The van der Waals surface area contributed by atoms with Crippen molar-refractivity contribution in [2.45, 2.75) is 39.4 Å². The smallest absolute Gasteiger partial charge is 0.126 e. The van der Waals surface area contributed by atoms with Crippen molar-refractivity contribution >= 4 is 31.9 Å². The normalized spacial score (nSPS) is 12.8. The molecule has 1 aromatic carbocycles. The lowest BCUT2D eigenvalue weighted by atomic mass is 10.00. The molecule has 102 valence electrons. The Morgan fingerprint density at radius 3 is 2.44 bits per heavy atom. The highest BCUT2D eigenvalue weighted by atomic mass is 79.9. The molecule has 1 unspecified atom stereocenters. The highest BCUT2D eigenvalue weighted by Gasteiger charge is 2.11. The third-order valence-corrected chi connectivity index (χ3v) is 3.91. The minimum atomic E-state index is 0.594. The lowest BCUT2D eigenvalue weighted by Gasteiger charge is -2.18. The lowest BCUT2D eigenvalue weighted by Crippen LogP contribution is -2.12. The zero-order chi connectivity index (χ0) is 13.7. The van der Waals surface area contributed by atoms with E-state index in [1.807, 2.05) is 0 Å². The van der Waals surface area contributed by atoms with Crippen molar-refractivity contribution < 1.29 is 4.74 Å². The average molecular weight is 378 g/mol. The van der Waals surface area contributed by atoms with Gasteiger partial charge in [0.15, 0.2) is 0 Å². The van der Waals surface area contributed by atoms with Gasteiger partial charge in [-0.15, -0.1) is 0 Å². The maximum absolute atomic E-state index is 6.03. The maximum atomic E-state index is 6.03. The fraction of sp³-hybridized carbons (Fsp3) is 0.600. The molecule has 0 fully saturated rings.